The fourth-order valence-electron chi connectivity index (χ4n) is 2.43. The number of amides is 2. The van der Waals surface area contributed by atoms with Crippen molar-refractivity contribution in [1.82, 2.24) is 15.6 Å². The zero-order valence-electron chi connectivity index (χ0n) is 10.9. The van der Waals surface area contributed by atoms with E-state index in [1.165, 1.54) is 0 Å². The number of hydrogen-bond acceptors (Lipinski definition) is 3. The van der Waals surface area contributed by atoms with Gasteiger partial charge in [-0.3, -0.25) is 14.6 Å². The lowest BCUT2D eigenvalue weighted by molar-refractivity contribution is -0.125. The van der Waals surface area contributed by atoms with Gasteiger partial charge in [-0.25, -0.2) is 0 Å². The van der Waals surface area contributed by atoms with Crippen molar-refractivity contribution in [3.63, 3.8) is 0 Å². The van der Waals surface area contributed by atoms with Crippen LogP contribution in [-0.4, -0.2) is 22.8 Å². The molecule has 0 aliphatic carbocycles. The number of nitrogens with one attached hydrogen (secondary N) is 2. The van der Waals surface area contributed by atoms with Crippen LogP contribution in [0.5, 0.6) is 0 Å². The molecule has 1 aliphatic heterocycles. The summed E-state index contributed by atoms with van der Waals surface area (Å²) in [5, 5.41) is 6.57. The molecular weight excluding hydrogens is 254 g/mol. The topological polar surface area (TPSA) is 71.1 Å². The molecule has 102 valence electrons. The number of carbonyl (C=O) groups is 2. The fourth-order valence-corrected chi connectivity index (χ4v) is 2.43. The van der Waals surface area contributed by atoms with Crippen molar-refractivity contribution in [3.05, 3.63) is 42.1 Å². The summed E-state index contributed by atoms with van der Waals surface area (Å²) >= 11 is 0. The highest BCUT2D eigenvalue weighted by atomic mass is 16.2. The van der Waals surface area contributed by atoms with Crippen molar-refractivity contribution < 1.29 is 9.59 Å². The van der Waals surface area contributed by atoms with Gasteiger partial charge in [0, 0.05) is 24.5 Å². The average Bonchev–Trinajstić information content (AvgIpc) is 2.91. The lowest BCUT2D eigenvalue weighted by Crippen LogP contribution is -2.41. The van der Waals surface area contributed by atoms with E-state index in [2.05, 4.69) is 15.6 Å². The molecule has 2 amide bonds. The largest absolute Gasteiger partial charge is 0.350 e. The van der Waals surface area contributed by atoms with Gasteiger partial charge in [0.25, 0.3) is 0 Å². The first kappa shape index (κ1) is 12.6. The zero-order valence-corrected chi connectivity index (χ0v) is 10.9. The van der Waals surface area contributed by atoms with Gasteiger partial charge in [0.15, 0.2) is 0 Å². The van der Waals surface area contributed by atoms with E-state index in [1.54, 1.807) is 6.20 Å². The number of rotatable bonds is 3. The van der Waals surface area contributed by atoms with Crippen LogP contribution in [0.15, 0.2) is 36.5 Å². The lowest BCUT2D eigenvalue weighted by Gasteiger charge is -2.11. The lowest BCUT2D eigenvalue weighted by atomic mass is 10.1. The molecule has 1 atom stereocenters. The van der Waals surface area contributed by atoms with E-state index in [9.17, 15) is 9.59 Å². The van der Waals surface area contributed by atoms with Gasteiger partial charge in [-0.15, -0.1) is 0 Å². The molecule has 5 nitrogen and oxygen atoms in total. The summed E-state index contributed by atoms with van der Waals surface area (Å²) in [6.07, 6.45) is 2.73. The first-order chi connectivity index (χ1) is 9.74. The van der Waals surface area contributed by atoms with Crippen molar-refractivity contribution >= 4 is 22.7 Å². The van der Waals surface area contributed by atoms with Crippen molar-refractivity contribution in [2.75, 3.05) is 0 Å². The van der Waals surface area contributed by atoms with Crippen LogP contribution in [0.2, 0.25) is 0 Å². The van der Waals surface area contributed by atoms with Crippen LogP contribution >= 0.6 is 0 Å². The molecule has 20 heavy (non-hydrogen) atoms. The van der Waals surface area contributed by atoms with Gasteiger partial charge in [0.05, 0.1) is 5.52 Å². The van der Waals surface area contributed by atoms with Gasteiger partial charge in [-0.05, 0) is 18.1 Å². The number of fused-ring (bicyclic) bond motifs is 1. The van der Waals surface area contributed by atoms with Gasteiger partial charge in [0.2, 0.25) is 11.8 Å². The Bertz CT molecular complexity index is 664. The van der Waals surface area contributed by atoms with E-state index in [1.807, 2.05) is 30.3 Å². The molecule has 1 aromatic carbocycles. The van der Waals surface area contributed by atoms with E-state index in [4.69, 9.17) is 0 Å². The molecule has 5 heteroatoms. The van der Waals surface area contributed by atoms with Crippen LogP contribution in [0, 0.1) is 0 Å². The summed E-state index contributed by atoms with van der Waals surface area (Å²) in [5.41, 5.74) is 1.87. The minimum absolute atomic E-state index is 0.0584. The van der Waals surface area contributed by atoms with Crippen molar-refractivity contribution in [2.24, 2.45) is 0 Å². The third kappa shape index (κ3) is 2.47. The predicted octanol–water partition coefficient (Wildman–Crippen LogP) is 1.13. The van der Waals surface area contributed by atoms with Crippen LogP contribution < -0.4 is 10.6 Å². The maximum atomic E-state index is 12.0. The Morgan fingerprint density at radius 3 is 3.00 bits per heavy atom. The van der Waals surface area contributed by atoms with E-state index >= 15 is 0 Å². The quantitative estimate of drug-likeness (QED) is 0.877. The van der Waals surface area contributed by atoms with Gasteiger partial charge >= 0.3 is 0 Å². The van der Waals surface area contributed by atoms with Crippen LogP contribution in [0.4, 0.5) is 0 Å². The molecule has 1 saturated heterocycles. The first-order valence-corrected chi connectivity index (χ1v) is 6.64. The monoisotopic (exact) mass is 269 g/mol. The molecule has 1 unspecified atom stereocenters. The second-order valence-electron chi connectivity index (χ2n) is 4.87. The molecule has 0 spiro atoms. The first-order valence-electron chi connectivity index (χ1n) is 6.64. The number of para-hydroxylation sites is 1. The number of aromatic nitrogens is 1. The van der Waals surface area contributed by atoms with Crippen molar-refractivity contribution in [1.29, 1.82) is 0 Å². The zero-order chi connectivity index (χ0) is 13.9. The maximum Gasteiger partial charge on any atom is 0.242 e. The van der Waals surface area contributed by atoms with E-state index < -0.39 is 6.04 Å². The molecular formula is C15H15N3O2. The molecule has 0 bridgehead atoms. The number of pyridine rings is 1. The van der Waals surface area contributed by atoms with Crippen molar-refractivity contribution in [2.45, 2.75) is 25.4 Å². The highest BCUT2D eigenvalue weighted by Gasteiger charge is 2.26. The van der Waals surface area contributed by atoms with Crippen LogP contribution in [-0.2, 0) is 16.1 Å². The number of carbonyl (C=O) groups excluding carboxylic acids is 2. The Morgan fingerprint density at radius 2 is 2.20 bits per heavy atom. The average molecular weight is 269 g/mol. The normalized spacial score (nSPS) is 18.0. The van der Waals surface area contributed by atoms with Crippen LogP contribution in [0.1, 0.15) is 18.4 Å². The Labute approximate surface area is 116 Å². The standard InChI is InChI=1S/C15H15N3O2/c19-13-7-6-12(18-13)15(20)17-9-11-4-1-3-10-5-2-8-16-14(10)11/h1-5,8,12H,6-7,9H2,(H,17,20)(H,18,19). The third-order valence-corrected chi connectivity index (χ3v) is 3.48. The molecule has 2 heterocycles. The molecule has 3 rings (SSSR count). The molecule has 0 radical (unpaired) electrons. The van der Waals surface area contributed by atoms with Gasteiger partial charge in [-0.1, -0.05) is 24.3 Å². The second kappa shape index (κ2) is 5.28. The fraction of sp³-hybridized carbons (Fsp3) is 0.267. The predicted molar refractivity (Wildman–Crippen MR) is 74.8 cm³/mol. The Morgan fingerprint density at radius 1 is 1.35 bits per heavy atom. The van der Waals surface area contributed by atoms with Crippen LogP contribution in [0.25, 0.3) is 10.9 Å². The summed E-state index contributed by atoms with van der Waals surface area (Å²) in [6.45, 7) is 0.416. The molecule has 2 aromatic rings. The molecule has 1 aromatic heterocycles. The Hall–Kier alpha value is -2.43. The third-order valence-electron chi connectivity index (χ3n) is 3.48. The number of hydrogen-bond donors (Lipinski definition) is 2. The van der Waals surface area contributed by atoms with Gasteiger partial charge < -0.3 is 10.6 Å². The summed E-state index contributed by atoms with van der Waals surface area (Å²) in [5.74, 6) is -0.194. The highest BCUT2D eigenvalue weighted by Crippen LogP contribution is 2.15. The van der Waals surface area contributed by atoms with Gasteiger partial charge in [0.1, 0.15) is 6.04 Å². The SMILES string of the molecule is O=C1CCC(C(=O)NCc2cccc3cccnc23)N1. The molecule has 2 N–H and O–H groups in total. The van der Waals surface area contributed by atoms with E-state index in [-0.39, 0.29) is 11.8 Å². The maximum absolute atomic E-state index is 12.0. The Balaban J connectivity index is 1.71. The minimum Gasteiger partial charge on any atom is -0.350 e. The van der Waals surface area contributed by atoms with E-state index in [0.717, 1.165) is 16.5 Å². The van der Waals surface area contributed by atoms with Gasteiger partial charge in [-0.2, -0.15) is 0 Å². The number of nitrogens with zero attached hydrogens (tertiary/aromatic N) is 1. The smallest absolute Gasteiger partial charge is 0.242 e. The molecule has 1 fully saturated rings. The number of benzene rings is 1. The minimum atomic E-state index is -0.398. The van der Waals surface area contributed by atoms with Crippen molar-refractivity contribution in [3.8, 4) is 0 Å². The Kier molecular flexibility index (Phi) is 3.33. The van der Waals surface area contributed by atoms with Crippen LogP contribution in [0.3, 0.4) is 0 Å². The second-order valence-corrected chi connectivity index (χ2v) is 4.87. The molecule has 1 aliphatic rings. The van der Waals surface area contributed by atoms with E-state index in [0.29, 0.717) is 19.4 Å². The summed E-state index contributed by atoms with van der Waals surface area (Å²) in [7, 11) is 0. The summed E-state index contributed by atoms with van der Waals surface area (Å²) in [4.78, 5) is 27.4. The highest BCUT2D eigenvalue weighted by molar-refractivity contribution is 5.91. The summed E-state index contributed by atoms with van der Waals surface area (Å²) < 4.78 is 0. The molecule has 0 saturated carbocycles. The summed E-state index contributed by atoms with van der Waals surface area (Å²) in [6, 6.07) is 9.37.